The van der Waals surface area contributed by atoms with Gasteiger partial charge in [0.25, 0.3) is 0 Å². The van der Waals surface area contributed by atoms with E-state index in [0.717, 1.165) is 32.5 Å². The van der Waals surface area contributed by atoms with Crippen molar-refractivity contribution in [1.82, 2.24) is 10.2 Å². The number of carbonyl (C=O) groups excluding carboxylic acids is 1. The first-order chi connectivity index (χ1) is 7.29. The van der Waals surface area contributed by atoms with Crippen molar-refractivity contribution < 1.29 is 9.53 Å². The number of carbonyl (C=O) groups is 1. The molecule has 2 heterocycles. The van der Waals surface area contributed by atoms with Gasteiger partial charge < -0.3 is 15.0 Å². The maximum absolute atomic E-state index is 12.2. The van der Waals surface area contributed by atoms with E-state index in [4.69, 9.17) is 4.74 Å². The molecule has 0 bridgehead atoms. The Morgan fingerprint density at radius 1 is 1.38 bits per heavy atom. The first-order valence-corrected chi connectivity index (χ1v) is 5.88. The number of hydrogen-bond donors (Lipinski definition) is 1. The van der Waals surface area contributed by atoms with Gasteiger partial charge in [-0.1, -0.05) is 0 Å². The number of amides is 1. The molecule has 0 radical (unpaired) electrons. The quantitative estimate of drug-likeness (QED) is 0.741. The zero-order chi connectivity index (χ0) is 10.7. The molecule has 1 atom stereocenters. The highest BCUT2D eigenvalue weighted by molar-refractivity contribution is 5.85. The molecule has 16 heavy (non-hydrogen) atoms. The smallest absolute Gasteiger partial charge is 0.226 e. The lowest BCUT2D eigenvalue weighted by atomic mass is 9.96. The highest BCUT2D eigenvalue weighted by atomic mass is 35.5. The number of hydrogen-bond acceptors (Lipinski definition) is 3. The van der Waals surface area contributed by atoms with Crippen molar-refractivity contribution in [3.05, 3.63) is 0 Å². The van der Waals surface area contributed by atoms with E-state index in [9.17, 15) is 4.79 Å². The number of morpholine rings is 1. The Labute approximate surface area is 103 Å². The lowest BCUT2D eigenvalue weighted by Crippen LogP contribution is -2.50. The number of nitrogens with zero attached hydrogens (tertiary/aromatic N) is 1. The van der Waals surface area contributed by atoms with Gasteiger partial charge in [-0.15, -0.1) is 12.4 Å². The van der Waals surface area contributed by atoms with Crippen molar-refractivity contribution in [2.45, 2.75) is 25.8 Å². The minimum absolute atomic E-state index is 0. The second kappa shape index (κ2) is 6.42. The zero-order valence-electron chi connectivity index (χ0n) is 9.78. The average Bonchev–Trinajstić information content (AvgIpc) is 2.30. The van der Waals surface area contributed by atoms with Crippen LogP contribution in [0.25, 0.3) is 0 Å². The van der Waals surface area contributed by atoms with Crippen LogP contribution in [0.5, 0.6) is 0 Å². The molecule has 1 amide bonds. The third-order valence-electron chi connectivity index (χ3n) is 3.34. The van der Waals surface area contributed by atoms with Gasteiger partial charge in [0.2, 0.25) is 5.91 Å². The van der Waals surface area contributed by atoms with Crippen LogP contribution in [0.1, 0.15) is 19.8 Å². The maximum atomic E-state index is 12.2. The molecular weight excluding hydrogens is 228 g/mol. The van der Waals surface area contributed by atoms with E-state index in [1.165, 1.54) is 0 Å². The summed E-state index contributed by atoms with van der Waals surface area (Å²) < 4.78 is 5.34. The average molecular weight is 249 g/mol. The van der Waals surface area contributed by atoms with E-state index in [0.29, 0.717) is 19.1 Å². The molecule has 0 aromatic heterocycles. The molecule has 94 valence electrons. The summed E-state index contributed by atoms with van der Waals surface area (Å²) >= 11 is 0. The fraction of sp³-hybridized carbons (Fsp3) is 0.909. The molecule has 2 aliphatic heterocycles. The van der Waals surface area contributed by atoms with E-state index < -0.39 is 0 Å². The Kier molecular flexibility index (Phi) is 5.52. The molecule has 1 N–H and O–H groups in total. The number of halogens is 1. The summed E-state index contributed by atoms with van der Waals surface area (Å²) in [5.74, 6) is 0.583. The van der Waals surface area contributed by atoms with Gasteiger partial charge in [0, 0.05) is 12.5 Å². The molecule has 0 spiro atoms. The summed E-state index contributed by atoms with van der Waals surface area (Å²) in [6, 6.07) is 0.251. The van der Waals surface area contributed by atoms with Crippen molar-refractivity contribution in [2.75, 3.05) is 32.8 Å². The van der Waals surface area contributed by atoms with E-state index >= 15 is 0 Å². The van der Waals surface area contributed by atoms with E-state index in [2.05, 4.69) is 12.2 Å². The van der Waals surface area contributed by atoms with Crippen molar-refractivity contribution in [1.29, 1.82) is 0 Å². The van der Waals surface area contributed by atoms with Crippen LogP contribution in [0, 0.1) is 5.92 Å². The van der Waals surface area contributed by atoms with Crippen LogP contribution in [0.3, 0.4) is 0 Å². The highest BCUT2D eigenvalue weighted by Crippen LogP contribution is 2.18. The molecule has 1 unspecified atom stereocenters. The lowest BCUT2D eigenvalue weighted by molar-refractivity contribution is -0.144. The van der Waals surface area contributed by atoms with Crippen LogP contribution < -0.4 is 5.32 Å². The third-order valence-corrected chi connectivity index (χ3v) is 3.34. The molecule has 2 fully saturated rings. The second-order valence-electron chi connectivity index (χ2n) is 4.48. The number of piperidine rings is 1. The molecule has 2 rings (SSSR count). The standard InChI is InChI=1S/C11H20N2O2.ClH/c1-9-8-15-7-6-13(9)11(14)10-2-4-12-5-3-10;/h9-10,12H,2-8H2,1H3;1H. The lowest BCUT2D eigenvalue weighted by Gasteiger charge is -2.36. The van der Waals surface area contributed by atoms with Gasteiger partial charge in [-0.2, -0.15) is 0 Å². The third kappa shape index (κ3) is 3.09. The van der Waals surface area contributed by atoms with Crippen molar-refractivity contribution in [3.8, 4) is 0 Å². The van der Waals surface area contributed by atoms with Crippen LogP contribution in [0.2, 0.25) is 0 Å². The minimum Gasteiger partial charge on any atom is -0.377 e. The van der Waals surface area contributed by atoms with Gasteiger partial charge >= 0.3 is 0 Å². The fourth-order valence-corrected chi connectivity index (χ4v) is 2.36. The Morgan fingerprint density at radius 2 is 2.06 bits per heavy atom. The van der Waals surface area contributed by atoms with Crippen molar-refractivity contribution in [3.63, 3.8) is 0 Å². The summed E-state index contributed by atoms with van der Waals surface area (Å²) in [6.45, 7) is 6.18. The molecule has 4 nitrogen and oxygen atoms in total. The minimum atomic E-state index is 0. The normalized spacial score (nSPS) is 27.3. The molecule has 0 aromatic rings. The van der Waals surface area contributed by atoms with Crippen LogP contribution in [0.15, 0.2) is 0 Å². The summed E-state index contributed by atoms with van der Waals surface area (Å²) in [4.78, 5) is 14.2. The Morgan fingerprint density at radius 3 is 2.69 bits per heavy atom. The largest absolute Gasteiger partial charge is 0.377 e. The van der Waals surface area contributed by atoms with Crippen LogP contribution in [-0.4, -0.2) is 49.7 Å². The van der Waals surface area contributed by atoms with E-state index in [1.807, 2.05) is 4.90 Å². The molecule has 0 aromatic carbocycles. The molecule has 2 aliphatic rings. The number of ether oxygens (including phenoxy) is 1. The van der Waals surface area contributed by atoms with Gasteiger partial charge in [-0.25, -0.2) is 0 Å². The Balaban J connectivity index is 0.00000128. The summed E-state index contributed by atoms with van der Waals surface area (Å²) in [5.41, 5.74) is 0. The SMILES string of the molecule is CC1COCCN1C(=O)C1CCNCC1.Cl. The second-order valence-corrected chi connectivity index (χ2v) is 4.48. The molecular formula is C11H21ClN2O2. The Bertz CT molecular complexity index is 232. The van der Waals surface area contributed by atoms with Crippen molar-refractivity contribution >= 4 is 18.3 Å². The summed E-state index contributed by atoms with van der Waals surface area (Å²) in [7, 11) is 0. The molecule has 5 heteroatoms. The molecule has 0 aliphatic carbocycles. The van der Waals surface area contributed by atoms with E-state index in [1.54, 1.807) is 0 Å². The Hall–Kier alpha value is -0.320. The van der Waals surface area contributed by atoms with Gasteiger partial charge in [-0.05, 0) is 32.9 Å². The molecule has 2 saturated heterocycles. The van der Waals surface area contributed by atoms with Crippen LogP contribution >= 0.6 is 12.4 Å². The summed E-state index contributed by atoms with van der Waals surface area (Å²) in [6.07, 6.45) is 1.98. The maximum Gasteiger partial charge on any atom is 0.226 e. The predicted octanol–water partition coefficient (Wildman–Crippen LogP) is 0.655. The van der Waals surface area contributed by atoms with Crippen LogP contribution in [0.4, 0.5) is 0 Å². The first kappa shape index (κ1) is 13.7. The summed E-state index contributed by atoms with van der Waals surface area (Å²) in [5, 5.41) is 3.29. The molecule has 0 saturated carbocycles. The van der Waals surface area contributed by atoms with Gasteiger partial charge in [0.15, 0.2) is 0 Å². The van der Waals surface area contributed by atoms with Gasteiger partial charge in [0.1, 0.15) is 0 Å². The fourth-order valence-electron chi connectivity index (χ4n) is 2.36. The topological polar surface area (TPSA) is 41.6 Å². The van der Waals surface area contributed by atoms with E-state index in [-0.39, 0.29) is 24.4 Å². The predicted molar refractivity (Wildman–Crippen MR) is 64.8 cm³/mol. The monoisotopic (exact) mass is 248 g/mol. The van der Waals surface area contributed by atoms with Crippen molar-refractivity contribution in [2.24, 2.45) is 5.92 Å². The van der Waals surface area contributed by atoms with Crippen LogP contribution in [-0.2, 0) is 9.53 Å². The highest BCUT2D eigenvalue weighted by Gasteiger charge is 2.30. The number of rotatable bonds is 1. The zero-order valence-corrected chi connectivity index (χ0v) is 10.6. The van der Waals surface area contributed by atoms with Gasteiger partial charge in [0.05, 0.1) is 19.3 Å². The van der Waals surface area contributed by atoms with Gasteiger partial charge in [-0.3, -0.25) is 4.79 Å². The first-order valence-electron chi connectivity index (χ1n) is 5.88. The number of nitrogens with one attached hydrogen (secondary N) is 1.